The van der Waals surface area contributed by atoms with Gasteiger partial charge in [0.15, 0.2) is 0 Å². The number of hydrogen-bond acceptors (Lipinski definition) is 4. The molecule has 0 saturated carbocycles. The van der Waals surface area contributed by atoms with Crippen LogP contribution >= 0.6 is 11.8 Å². The zero-order valence-electron chi connectivity index (χ0n) is 11.6. The van der Waals surface area contributed by atoms with E-state index in [0.717, 1.165) is 17.7 Å². The molecule has 106 valence electrons. The maximum atomic E-state index is 13.4. The highest BCUT2D eigenvalue weighted by Crippen LogP contribution is 2.12. The Hall–Kier alpha value is -0.555. The molecule has 3 nitrogen and oxygen atoms in total. The van der Waals surface area contributed by atoms with Gasteiger partial charge in [0, 0.05) is 23.8 Å². The first-order valence-corrected chi connectivity index (χ1v) is 7.72. The molecule has 1 aromatic carbocycles. The lowest BCUT2D eigenvalue weighted by molar-refractivity contribution is 0.248. The van der Waals surface area contributed by atoms with Gasteiger partial charge in [0.25, 0.3) is 0 Å². The highest BCUT2D eigenvalue weighted by Gasteiger charge is 2.18. The van der Waals surface area contributed by atoms with Crippen molar-refractivity contribution < 1.29 is 14.4 Å². The van der Waals surface area contributed by atoms with Crippen molar-refractivity contribution in [3.63, 3.8) is 0 Å². The lowest BCUT2D eigenvalue weighted by Gasteiger charge is -2.26. The van der Waals surface area contributed by atoms with Gasteiger partial charge >= 0.3 is 7.12 Å². The summed E-state index contributed by atoms with van der Waals surface area (Å²) < 4.78 is 13.4. The third-order valence-electron chi connectivity index (χ3n) is 3.22. The summed E-state index contributed by atoms with van der Waals surface area (Å²) in [5.74, 6) is 0.460. The smallest absolute Gasteiger partial charge is 0.423 e. The molecule has 1 atom stereocenters. The molecule has 19 heavy (non-hydrogen) atoms. The van der Waals surface area contributed by atoms with Crippen LogP contribution in [-0.4, -0.2) is 47.2 Å². The second-order valence-electron chi connectivity index (χ2n) is 4.66. The molecule has 0 aliphatic carbocycles. The normalized spacial score (nSPS) is 12.8. The molecule has 2 N–H and O–H groups in total. The number of benzene rings is 1. The van der Waals surface area contributed by atoms with Crippen LogP contribution in [0.1, 0.15) is 18.9 Å². The predicted molar refractivity (Wildman–Crippen MR) is 80.2 cm³/mol. The quantitative estimate of drug-likeness (QED) is 0.736. The van der Waals surface area contributed by atoms with E-state index in [4.69, 9.17) is 10.0 Å². The van der Waals surface area contributed by atoms with Gasteiger partial charge in [-0.05, 0) is 31.4 Å². The minimum atomic E-state index is -1.77. The Balaban J connectivity index is 2.78. The Labute approximate surface area is 119 Å². The molecule has 0 aliphatic heterocycles. The largest absolute Gasteiger partial charge is 0.491 e. The molecule has 1 unspecified atom stereocenters. The summed E-state index contributed by atoms with van der Waals surface area (Å²) >= 11 is 1.80. The fourth-order valence-corrected chi connectivity index (χ4v) is 2.93. The average Bonchev–Trinajstić information content (AvgIpc) is 2.37. The fourth-order valence-electron chi connectivity index (χ4n) is 2.06. The average molecular weight is 285 g/mol. The molecule has 0 fully saturated rings. The van der Waals surface area contributed by atoms with Gasteiger partial charge < -0.3 is 10.0 Å². The van der Waals surface area contributed by atoms with Crippen LogP contribution in [0.25, 0.3) is 0 Å². The minimum Gasteiger partial charge on any atom is -0.423 e. The van der Waals surface area contributed by atoms with Crippen LogP contribution in [0.3, 0.4) is 0 Å². The second kappa shape index (κ2) is 7.90. The van der Waals surface area contributed by atoms with Crippen LogP contribution in [0.5, 0.6) is 0 Å². The molecular formula is C13H21BFNO2S. The van der Waals surface area contributed by atoms with E-state index in [1.54, 1.807) is 17.8 Å². The van der Waals surface area contributed by atoms with Crippen LogP contribution in [0.4, 0.5) is 4.39 Å². The molecule has 0 amide bonds. The summed E-state index contributed by atoms with van der Waals surface area (Å²) in [5, 5.41) is 18.2. The third-order valence-corrected chi connectivity index (χ3v) is 3.94. The first-order chi connectivity index (χ1) is 8.99. The summed E-state index contributed by atoms with van der Waals surface area (Å²) in [7, 11) is 0.265. The number of rotatable bonds is 7. The van der Waals surface area contributed by atoms with E-state index in [-0.39, 0.29) is 5.46 Å². The molecule has 0 bridgehead atoms. The van der Waals surface area contributed by atoms with E-state index in [9.17, 15) is 4.39 Å². The molecule has 0 radical (unpaired) electrons. The second-order valence-corrected chi connectivity index (χ2v) is 5.57. The van der Waals surface area contributed by atoms with Gasteiger partial charge in [0.05, 0.1) is 0 Å². The number of thioether (sulfide) groups is 1. The number of halogens is 1. The van der Waals surface area contributed by atoms with E-state index < -0.39 is 12.9 Å². The number of nitrogens with zero attached hydrogens (tertiary/aromatic N) is 1. The Kier molecular flexibility index (Phi) is 6.86. The maximum Gasteiger partial charge on any atom is 0.491 e. The SMILES string of the molecule is CCC(CSC)N(C)Cc1ccc(F)c(B(O)O)c1. The van der Waals surface area contributed by atoms with Gasteiger partial charge in [-0.2, -0.15) is 11.8 Å². The molecule has 0 aromatic heterocycles. The van der Waals surface area contributed by atoms with Gasteiger partial charge in [-0.25, -0.2) is 4.39 Å². The zero-order valence-corrected chi connectivity index (χ0v) is 12.5. The van der Waals surface area contributed by atoms with Gasteiger partial charge in [0.1, 0.15) is 5.82 Å². The molecule has 6 heteroatoms. The van der Waals surface area contributed by atoms with Gasteiger partial charge in [-0.3, -0.25) is 4.90 Å². The van der Waals surface area contributed by atoms with Crippen LogP contribution < -0.4 is 5.46 Å². The highest BCUT2D eigenvalue weighted by atomic mass is 32.2. The third kappa shape index (κ3) is 4.80. The van der Waals surface area contributed by atoms with Crippen molar-refractivity contribution in [3.8, 4) is 0 Å². The number of hydrogen-bond donors (Lipinski definition) is 2. The molecule has 0 spiro atoms. The topological polar surface area (TPSA) is 43.7 Å². The Morgan fingerprint density at radius 3 is 2.63 bits per heavy atom. The van der Waals surface area contributed by atoms with E-state index >= 15 is 0 Å². The molecule has 0 saturated heterocycles. The highest BCUT2D eigenvalue weighted by molar-refractivity contribution is 7.98. The first kappa shape index (κ1) is 16.5. The molecule has 1 aromatic rings. The van der Waals surface area contributed by atoms with E-state index in [1.165, 1.54) is 12.1 Å². The van der Waals surface area contributed by atoms with E-state index in [2.05, 4.69) is 18.1 Å². The monoisotopic (exact) mass is 285 g/mol. The van der Waals surface area contributed by atoms with Crippen molar-refractivity contribution in [2.75, 3.05) is 19.1 Å². The van der Waals surface area contributed by atoms with Crippen molar-refractivity contribution in [3.05, 3.63) is 29.6 Å². The van der Waals surface area contributed by atoms with Crippen molar-refractivity contribution in [2.45, 2.75) is 25.9 Å². The lowest BCUT2D eigenvalue weighted by atomic mass is 9.79. The molecule has 0 heterocycles. The van der Waals surface area contributed by atoms with Gasteiger partial charge in [-0.1, -0.05) is 19.1 Å². The van der Waals surface area contributed by atoms with Crippen molar-refractivity contribution >= 4 is 24.3 Å². The van der Waals surface area contributed by atoms with Crippen molar-refractivity contribution in [1.82, 2.24) is 4.90 Å². The summed E-state index contributed by atoms with van der Waals surface area (Å²) in [4.78, 5) is 2.21. The Morgan fingerprint density at radius 2 is 2.11 bits per heavy atom. The van der Waals surface area contributed by atoms with Gasteiger partial charge in [-0.15, -0.1) is 0 Å². The molecule has 1 rings (SSSR count). The first-order valence-electron chi connectivity index (χ1n) is 6.33. The summed E-state index contributed by atoms with van der Waals surface area (Å²) in [6, 6.07) is 4.95. The van der Waals surface area contributed by atoms with Crippen LogP contribution in [0.2, 0.25) is 0 Å². The van der Waals surface area contributed by atoms with Crippen LogP contribution in [-0.2, 0) is 6.54 Å². The van der Waals surface area contributed by atoms with Crippen LogP contribution in [0.15, 0.2) is 18.2 Å². The standard InChI is InChI=1S/C13H21BFNO2S/c1-4-11(9-19-3)16(2)8-10-5-6-13(15)12(7-10)14(17)18/h5-7,11,17-18H,4,8-9H2,1-3H3. The maximum absolute atomic E-state index is 13.4. The van der Waals surface area contributed by atoms with E-state index in [0.29, 0.717) is 12.6 Å². The summed E-state index contributed by atoms with van der Waals surface area (Å²) in [5.41, 5.74) is 0.815. The summed E-state index contributed by atoms with van der Waals surface area (Å²) in [6.45, 7) is 2.81. The predicted octanol–water partition coefficient (Wildman–Crippen LogP) is 1.08. The minimum absolute atomic E-state index is 0.0659. The van der Waals surface area contributed by atoms with E-state index in [1.807, 2.05) is 7.05 Å². The fraction of sp³-hybridized carbons (Fsp3) is 0.538. The van der Waals surface area contributed by atoms with Crippen LogP contribution in [0, 0.1) is 5.82 Å². The zero-order chi connectivity index (χ0) is 14.4. The Morgan fingerprint density at radius 1 is 1.42 bits per heavy atom. The Bertz CT molecular complexity index is 406. The summed E-state index contributed by atoms with van der Waals surface area (Å²) in [6.07, 6.45) is 3.13. The van der Waals surface area contributed by atoms with Gasteiger partial charge in [0.2, 0.25) is 0 Å². The lowest BCUT2D eigenvalue weighted by Crippen LogP contribution is -2.35. The molecular weight excluding hydrogens is 264 g/mol. The van der Waals surface area contributed by atoms with Crippen molar-refractivity contribution in [1.29, 1.82) is 0 Å². The van der Waals surface area contributed by atoms with Crippen molar-refractivity contribution in [2.24, 2.45) is 0 Å². The molecule has 0 aliphatic rings.